The summed E-state index contributed by atoms with van der Waals surface area (Å²) in [6, 6.07) is 4.06. The normalized spacial score (nSPS) is 24.8. The van der Waals surface area contributed by atoms with E-state index in [0.29, 0.717) is 24.6 Å². The minimum atomic E-state index is -3.76. The molecule has 3 nitrogen and oxygen atoms in total. The molecule has 2 atom stereocenters. The fourth-order valence-corrected chi connectivity index (χ4v) is 4.19. The van der Waals surface area contributed by atoms with E-state index in [1.807, 2.05) is 6.92 Å². The summed E-state index contributed by atoms with van der Waals surface area (Å²) in [6.45, 7) is 5.04. The van der Waals surface area contributed by atoms with E-state index in [1.54, 1.807) is 6.07 Å². The second-order valence-electron chi connectivity index (χ2n) is 5.50. The summed E-state index contributed by atoms with van der Waals surface area (Å²) in [4.78, 5) is -0.256. The van der Waals surface area contributed by atoms with Crippen molar-refractivity contribution in [1.29, 1.82) is 0 Å². The van der Waals surface area contributed by atoms with E-state index in [0.717, 1.165) is 6.42 Å². The van der Waals surface area contributed by atoms with Crippen molar-refractivity contribution in [3.05, 3.63) is 29.6 Å². The van der Waals surface area contributed by atoms with E-state index in [4.69, 9.17) is 11.6 Å². The highest BCUT2D eigenvalue weighted by atomic mass is 35.5. The molecule has 0 aromatic heterocycles. The number of sulfonamides is 1. The number of piperidine rings is 1. The molecule has 0 N–H and O–H groups in total. The van der Waals surface area contributed by atoms with E-state index in [9.17, 15) is 12.8 Å². The third-order valence-electron chi connectivity index (χ3n) is 4.07. The first kappa shape index (κ1) is 15.7. The summed E-state index contributed by atoms with van der Waals surface area (Å²) < 4.78 is 40.4. The zero-order valence-electron chi connectivity index (χ0n) is 11.6. The number of rotatable bonds is 3. The van der Waals surface area contributed by atoms with E-state index < -0.39 is 15.8 Å². The van der Waals surface area contributed by atoms with Crippen LogP contribution in [-0.4, -0.2) is 25.8 Å². The molecule has 1 heterocycles. The molecule has 0 spiro atoms. The van der Waals surface area contributed by atoms with Crippen LogP contribution >= 0.6 is 11.6 Å². The van der Waals surface area contributed by atoms with Crippen molar-refractivity contribution < 1.29 is 12.8 Å². The molecular weight excluding hydrogens is 301 g/mol. The first-order valence-corrected chi connectivity index (χ1v) is 8.68. The maximum Gasteiger partial charge on any atom is 0.245 e. The largest absolute Gasteiger partial charge is 0.245 e. The van der Waals surface area contributed by atoms with Crippen LogP contribution in [0.4, 0.5) is 4.39 Å². The third-order valence-corrected chi connectivity index (χ3v) is 6.27. The quantitative estimate of drug-likeness (QED) is 0.802. The summed E-state index contributed by atoms with van der Waals surface area (Å²) in [5.74, 6) is 0.207. The highest BCUT2D eigenvalue weighted by Crippen LogP contribution is 2.28. The fraction of sp³-hybridized carbons (Fsp3) is 0.571. The monoisotopic (exact) mass is 319 g/mol. The summed E-state index contributed by atoms with van der Waals surface area (Å²) in [5, 5.41) is 0. The Kier molecular flexibility index (Phi) is 4.72. The molecule has 1 aliphatic rings. The van der Waals surface area contributed by atoms with Gasteiger partial charge in [-0.05, 0) is 36.0 Å². The van der Waals surface area contributed by atoms with Crippen molar-refractivity contribution in [2.24, 2.45) is 11.8 Å². The van der Waals surface area contributed by atoms with Crippen LogP contribution in [0.25, 0.3) is 0 Å². The van der Waals surface area contributed by atoms with Crippen molar-refractivity contribution in [3.8, 4) is 0 Å². The molecule has 2 rings (SSSR count). The number of hydrogen-bond donors (Lipinski definition) is 0. The van der Waals surface area contributed by atoms with Gasteiger partial charge < -0.3 is 0 Å². The van der Waals surface area contributed by atoms with Gasteiger partial charge >= 0.3 is 0 Å². The summed E-state index contributed by atoms with van der Waals surface area (Å²) in [5.41, 5.74) is 0.573. The SMILES string of the molecule is CC1CCN(S(=O)(=O)c2ccc(CCl)cc2F)CC1C. The highest BCUT2D eigenvalue weighted by Gasteiger charge is 2.33. The Hall–Kier alpha value is -0.650. The minimum Gasteiger partial charge on any atom is -0.207 e. The summed E-state index contributed by atoms with van der Waals surface area (Å²) >= 11 is 5.62. The van der Waals surface area contributed by atoms with Gasteiger partial charge in [-0.1, -0.05) is 19.9 Å². The Balaban J connectivity index is 2.31. The zero-order chi connectivity index (χ0) is 14.9. The van der Waals surface area contributed by atoms with Crippen LogP contribution in [0.1, 0.15) is 25.8 Å². The molecule has 1 fully saturated rings. The van der Waals surface area contributed by atoms with Gasteiger partial charge in [-0.3, -0.25) is 0 Å². The van der Waals surface area contributed by atoms with E-state index in [1.165, 1.54) is 16.4 Å². The molecule has 0 bridgehead atoms. The van der Waals surface area contributed by atoms with Crippen molar-refractivity contribution in [2.45, 2.75) is 31.0 Å². The molecule has 1 aromatic rings. The van der Waals surface area contributed by atoms with Crippen LogP contribution in [0.2, 0.25) is 0 Å². The average Bonchev–Trinajstić information content (AvgIpc) is 2.41. The Labute approximate surface area is 124 Å². The molecule has 20 heavy (non-hydrogen) atoms. The van der Waals surface area contributed by atoms with Crippen LogP contribution in [0.3, 0.4) is 0 Å². The number of nitrogens with zero attached hydrogens (tertiary/aromatic N) is 1. The van der Waals surface area contributed by atoms with Crippen LogP contribution in [-0.2, 0) is 15.9 Å². The van der Waals surface area contributed by atoms with Crippen LogP contribution in [0, 0.1) is 17.7 Å². The van der Waals surface area contributed by atoms with Gasteiger partial charge in [-0.25, -0.2) is 12.8 Å². The molecule has 112 valence electrons. The summed E-state index contributed by atoms with van der Waals surface area (Å²) in [7, 11) is -3.76. The molecule has 0 saturated carbocycles. The van der Waals surface area contributed by atoms with Crippen molar-refractivity contribution >= 4 is 21.6 Å². The number of alkyl halides is 1. The van der Waals surface area contributed by atoms with Crippen LogP contribution in [0.5, 0.6) is 0 Å². The Morgan fingerprint density at radius 1 is 1.35 bits per heavy atom. The Bertz CT molecular complexity index is 591. The van der Waals surface area contributed by atoms with Gasteiger partial charge in [0, 0.05) is 19.0 Å². The Morgan fingerprint density at radius 3 is 2.60 bits per heavy atom. The third kappa shape index (κ3) is 3.00. The predicted molar refractivity (Wildman–Crippen MR) is 77.7 cm³/mol. The second-order valence-corrected chi connectivity index (χ2v) is 7.68. The lowest BCUT2D eigenvalue weighted by molar-refractivity contribution is 0.212. The van der Waals surface area contributed by atoms with Gasteiger partial charge in [0.15, 0.2) is 0 Å². The lowest BCUT2D eigenvalue weighted by Gasteiger charge is -2.34. The van der Waals surface area contributed by atoms with Crippen molar-refractivity contribution in [2.75, 3.05) is 13.1 Å². The first-order valence-electron chi connectivity index (χ1n) is 6.70. The Morgan fingerprint density at radius 2 is 2.05 bits per heavy atom. The highest BCUT2D eigenvalue weighted by molar-refractivity contribution is 7.89. The number of benzene rings is 1. The average molecular weight is 320 g/mol. The number of halogens is 2. The molecule has 0 aliphatic carbocycles. The van der Waals surface area contributed by atoms with Crippen LogP contribution < -0.4 is 0 Å². The molecule has 0 amide bonds. The van der Waals surface area contributed by atoms with E-state index in [-0.39, 0.29) is 16.7 Å². The minimum absolute atomic E-state index is 0.162. The smallest absolute Gasteiger partial charge is 0.207 e. The fourth-order valence-electron chi connectivity index (χ4n) is 2.42. The maximum absolute atomic E-state index is 14.0. The van der Waals surface area contributed by atoms with E-state index in [2.05, 4.69) is 6.92 Å². The predicted octanol–water partition coefficient (Wildman–Crippen LogP) is 3.23. The maximum atomic E-state index is 14.0. The lowest BCUT2D eigenvalue weighted by Crippen LogP contribution is -2.42. The summed E-state index contributed by atoms with van der Waals surface area (Å²) in [6.07, 6.45) is 0.807. The van der Waals surface area contributed by atoms with Gasteiger partial charge in [-0.15, -0.1) is 11.6 Å². The van der Waals surface area contributed by atoms with Crippen molar-refractivity contribution in [1.82, 2.24) is 4.31 Å². The van der Waals surface area contributed by atoms with Crippen molar-refractivity contribution in [3.63, 3.8) is 0 Å². The number of hydrogen-bond acceptors (Lipinski definition) is 2. The zero-order valence-corrected chi connectivity index (χ0v) is 13.2. The first-order chi connectivity index (χ1) is 9.36. The molecule has 6 heteroatoms. The van der Waals surface area contributed by atoms with Gasteiger partial charge in [0.2, 0.25) is 10.0 Å². The standard InChI is InChI=1S/C14H19ClFNO2S/c1-10-5-6-17(9-11(10)2)20(18,19)14-4-3-12(8-15)7-13(14)16/h3-4,7,10-11H,5-6,8-9H2,1-2H3. The lowest BCUT2D eigenvalue weighted by atomic mass is 9.90. The van der Waals surface area contributed by atoms with Gasteiger partial charge in [-0.2, -0.15) is 4.31 Å². The molecular formula is C14H19ClFNO2S. The van der Waals surface area contributed by atoms with Crippen LogP contribution in [0.15, 0.2) is 23.1 Å². The van der Waals surface area contributed by atoms with Gasteiger partial charge in [0.05, 0.1) is 0 Å². The second kappa shape index (κ2) is 6.00. The molecule has 0 radical (unpaired) electrons. The molecule has 1 aromatic carbocycles. The molecule has 2 unspecified atom stereocenters. The topological polar surface area (TPSA) is 37.4 Å². The molecule has 1 saturated heterocycles. The van der Waals surface area contributed by atoms with Gasteiger partial charge in [0.1, 0.15) is 10.7 Å². The van der Waals surface area contributed by atoms with E-state index >= 15 is 0 Å². The van der Waals surface area contributed by atoms with Gasteiger partial charge in [0.25, 0.3) is 0 Å². The molecule has 1 aliphatic heterocycles.